The molecule has 10 nitrogen and oxygen atoms in total. The van der Waals surface area contributed by atoms with Gasteiger partial charge < -0.3 is 26.2 Å². The number of nitrogens with two attached hydrogens (primary N) is 1. The molecule has 4 amide bonds. The molecule has 0 aromatic heterocycles. The van der Waals surface area contributed by atoms with Crippen molar-refractivity contribution in [2.75, 3.05) is 0 Å². The molecule has 0 radical (unpaired) electrons. The van der Waals surface area contributed by atoms with Crippen LogP contribution >= 0.6 is 0 Å². The third kappa shape index (κ3) is 8.52. The fraction of sp³-hybridized carbons (Fsp3) is 0.520. The van der Waals surface area contributed by atoms with E-state index in [1.54, 1.807) is 20.8 Å². The normalized spacial score (nSPS) is 15.7. The number of amides is 4. The van der Waals surface area contributed by atoms with Crippen molar-refractivity contribution < 1.29 is 29.0 Å². The number of terminal acetylenes is 1. The molecule has 1 aliphatic carbocycles. The highest BCUT2D eigenvalue weighted by Gasteiger charge is 2.37. The van der Waals surface area contributed by atoms with Gasteiger partial charge in [0.25, 0.3) is 5.91 Å². The molecule has 10 heteroatoms. The first-order valence-corrected chi connectivity index (χ1v) is 11.6. The van der Waals surface area contributed by atoms with Crippen molar-refractivity contribution in [3.05, 3.63) is 29.8 Å². The third-order valence-electron chi connectivity index (χ3n) is 5.44. The molecule has 0 heterocycles. The molecule has 2 atom stereocenters. The van der Waals surface area contributed by atoms with Crippen LogP contribution < -0.4 is 16.4 Å². The molecule has 35 heavy (non-hydrogen) atoms. The minimum Gasteiger partial charge on any atom is -0.508 e. The maximum atomic E-state index is 13.5. The Morgan fingerprint density at radius 1 is 1.17 bits per heavy atom. The molecule has 1 aliphatic rings. The van der Waals surface area contributed by atoms with E-state index in [1.165, 1.54) is 24.3 Å². The van der Waals surface area contributed by atoms with Crippen LogP contribution in [0.2, 0.25) is 0 Å². The number of nitrogens with one attached hydrogen (secondary N) is 2. The van der Waals surface area contributed by atoms with Gasteiger partial charge in [-0.15, -0.1) is 0 Å². The average molecular weight is 487 g/mol. The highest BCUT2D eigenvalue weighted by atomic mass is 16.6. The Hall–Kier alpha value is -3.74. The fourth-order valence-electron chi connectivity index (χ4n) is 3.89. The van der Waals surface area contributed by atoms with Crippen LogP contribution in [-0.4, -0.2) is 51.5 Å². The third-order valence-corrected chi connectivity index (χ3v) is 5.44. The topological polar surface area (TPSA) is 151 Å². The van der Waals surface area contributed by atoms with E-state index in [0.29, 0.717) is 5.56 Å². The monoisotopic (exact) mass is 486 g/mol. The number of hydrogen-bond acceptors (Lipinski definition) is 6. The van der Waals surface area contributed by atoms with E-state index >= 15 is 0 Å². The van der Waals surface area contributed by atoms with Gasteiger partial charge in [0, 0.05) is 12.1 Å². The van der Waals surface area contributed by atoms with E-state index < -0.39 is 47.9 Å². The molecule has 0 spiro atoms. The van der Waals surface area contributed by atoms with Gasteiger partial charge in [0.1, 0.15) is 23.4 Å². The quantitative estimate of drug-likeness (QED) is 0.326. The van der Waals surface area contributed by atoms with Crippen LogP contribution in [0.4, 0.5) is 4.79 Å². The molecule has 190 valence electrons. The Balaban J connectivity index is 2.37. The van der Waals surface area contributed by atoms with E-state index in [4.69, 9.17) is 16.9 Å². The van der Waals surface area contributed by atoms with E-state index in [-0.39, 0.29) is 11.8 Å². The molecule has 1 saturated carbocycles. The van der Waals surface area contributed by atoms with Crippen molar-refractivity contribution in [1.82, 2.24) is 15.5 Å². The van der Waals surface area contributed by atoms with Crippen molar-refractivity contribution >= 4 is 23.8 Å². The second-order valence-corrected chi connectivity index (χ2v) is 9.54. The van der Waals surface area contributed by atoms with Crippen LogP contribution in [0.1, 0.15) is 70.9 Å². The van der Waals surface area contributed by atoms with Gasteiger partial charge in [0.05, 0.1) is 6.42 Å². The number of carbonyl (C=O) groups is 4. The summed E-state index contributed by atoms with van der Waals surface area (Å²) in [6.45, 7) is 4.92. The number of primary amides is 1. The molecule has 5 N–H and O–H groups in total. The first-order valence-electron chi connectivity index (χ1n) is 11.6. The number of hydrogen-bond donors (Lipinski definition) is 4. The molecule has 0 bridgehead atoms. The molecule has 1 fully saturated rings. The van der Waals surface area contributed by atoms with Crippen LogP contribution in [0.5, 0.6) is 5.75 Å². The van der Waals surface area contributed by atoms with Gasteiger partial charge in [-0.1, -0.05) is 37.8 Å². The first kappa shape index (κ1) is 27.5. The van der Waals surface area contributed by atoms with Gasteiger partial charge >= 0.3 is 6.09 Å². The minimum absolute atomic E-state index is 0.0306. The number of carbonyl (C=O) groups excluding carboxylic acids is 4. The predicted octanol–water partition coefficient (Wildman–Crippen LogP) is 2.07. The number of rotatable bonds is 8. The summed E-state index contributed by atoms with van der Waals surface area (Å²) in [5.74, 6) is -2.28. The zero-order chi connectivity index (χ0) is 26.2. The molecular formula is C25H34N4O6. The zero-order valence-corrected chi connectivity index (χ0v) is 20.4. The standard InChI is InChI=1S/C25H34N4O6/c1-5-29(23(33)19(15-20(26)31)28-24(34)35-25(2,3)4)21(16-11-13-18(30)14-12-16)22(32)27-17-9-7-6-8-10-17/h1,11-14,17,19,21,30H,6-10,15H2,2-4H3,(H2,26,31)(H,27,32)(H,28,34). The molecule has 2 rings (SSSR count). The SMILES string of the molecule is C#CN(C(=O)C(CC(N)=O)NC(=O)OC(C)(C)C)C(C(=O)NC1CCCCC1)c1ccc(O)cc1. The van der Waals surface area contributed by atoms with Gasteiger partial charge in [0.2, 0.25) is 11.8 Å². The molecule has 0 aliphatic heterocycles. The Morgan fingerprint density at radius 3 is 2.29 bits per heavy atom. The van der Waals surface area contributed by atoms with E-state index in [2.05, 4.69) is 16.7 Å². The summed E-state index contributed by atoms with van der Waals surface area (Å²) in [5, 5.41) is 15.0. The summed E-state index contributed by atoms with van der Waals surface area (Å²) in [7, 11) is 0. The molecule has 1 aromatic carbocycles. The highest BCUT2D eigenvalue weighted by Crippen LogP contribution is 2.26. The van der Waals surface area contributed by atoms with Crippen LogP contribution in [0.25, 0.3) is 0 Å². The van der Waals surface area contributed by atoms with Crippen LogP contribution in [0.3, 0.4) is 0 Å². The lowest BCUT2D eigenvalue weighted by Crippen LogP contribution is -2.53. The maximum Gasteiger partial charge on any atom is 0.408 e. The van der Waals surface area contributed by atoms with Crippen molar-refractivity contribution in [1.29, 1.82) is 0 Å². The molecule has 2 unspecified atom stereocenters. The van der Waals surface area contributed by atoms with Crippen LogP contribution in [-0.2, 0) is 19.1 Å². The first-order chi connectivity index (χ1) is 16.4. The lowest BCUT2D eigenvalue weighted by atomic mass is 9.94. The molecular weight excluding hydrogens is 452 g/mol. The smallest absolute Gasteiger partial charge is 0.408 e. The summed E-state index contributed by atoms with van der Waals surface area (Å²) < 4.78 is 5.19. The van der Waals surface area contributed by atoms with Crippen molar-refractivity contribution in [3.8, 4) is 18.2 Å². The number of phenols is 1. The zero-order valence-electron chi connectivity index (χ0n) is 20.4. The lowest BCUT2D eigenvalue weighted by Gasteiger charge is -2.32. The Labute approximate surface area is 205 Å². The van der Waals surface area contributed by atoms with E-state index in [0.717, 1.165) is 37.0 Å². The number of alkyl carbamates (subject to hydrolysis) is 1. The summed E-state index contributed by atoms with van der Waals surface area (Å²) in [6, 6.07) is 5.12. The van der Waals surface area contributed by atoms with Crippen LogP contribution in [0, 0.1) is 12.5 Å². The number of aromatic hydroxyl groups is 1. The highest BCUT2D eigenvalue weighted by molar-refractivity contribution is 5.95. The second kappa shape index (κ2) is 12.1. The van der Waals surface area contributed by atoms with Gasteiger partial charge in [-0.05, 0) is 51.3 Å². The van der Waals surface area contributed by atoms with Gasteiger partial charge in [-0.25, -0.2) is 4.79 Å². The Kier molecular flexibility index (Phi) is 9.51. The van der Waals surface area contributed by atoms with Gasteiger partial charge in [0.15, 0.2) is 0 Å². The summed E-state index contributed by atoms with van der Waals surface area (Å²) in [4.78, 5) is 51.7. The largest absolute Gasteiger partial charge is 0.508 e. The average Bonchev–Trinajstić information content (AvgIpc) is 2.76. The van der Waals surface area contributed by atoms with Gasteiger partial charge in [-0.3, -0.25) is 19.3 Å². The second-order valence-electron chi connectivity index (χ2n) is 9.54. The Bertz CT molecular complexity index is 958. The number of benzene rings is 1. The number of ether oxygens (including phenoxy) is 1. The maximum absolute atomic E-state index is 13.5. The number of nitrogens with zero attached hydrogens (tertiary/aromatic N) is 1. The van der Waals surface area contributed by atoms with Crippen molar-refractivity contribution in [2.45, 2.75) is 83.0 Å². The van der Waals surface area contributed by atoms with Crippen molar-refractivity contribution in [2.24, 2.45) is 5.73 Å². The van der Waals surface area contributed by atoms with Crippen molar-refractivity contribution in [3.63, 3.8) is 0 Å². The summed E-state index contributed by atoms with van der Waals surface area (Å²) >= 11 is 0. The van der Waals surface area contributed by atoms with E-state index in [9.17, 15) is 24.3 Å². The fourth-order valence-corrected chi connectivity index (χ4v) is 3.89. The van der Waals surface area contributed by atoms with E-state index in [1.807, 2.05) is 0 Å². The lowest BCUT2D eigenvalue weighted by molar-refractivity contribution is -0.139. The minimum atomic E-state index is -1.46. The predicted molar refractivity (Wildman–Crippen MR) is 129 cm³/mol. The Morgan fingerprint density at radius 2 is 1.77 bits per heavy atom. The summed E-state index contributed by atoms with van der Waals surface area (Å²) in [5.41, 5.74) is 4.79. The number of phenolic OH excluding ortho intramolecular Hbond substituents is 1. The van der Waals surface area contributed by atoms with Gasteiger partial charge in [-0.2, -0.15) is 0 Å². The molecule has 0 saturated heterocycles. The summed E-state index contributed by atoms with van der Waals surface area (Å²) in [6.07, 6.45) is 8.85. The molecule has 1 aromatic rings. The van der Waals surface area contributed by atoms with Crippen LogP contribution in [0.15, 0.2) is 24.3 Å².